The lowest BCUT2D eigenvalue weighted by molar-refractivity contribution is 0.0911. The largest absolute Gasteiger partial charge is 0.346 e. The van der Waals surface area contributed by atoms with Gasteiger partial charge in [0.2, 0.25) is 0 Å². The van der Waals surface area contributed by atoms with Crippen molar-refractivity contribution in [1.29, 1.82) is 0 Å². The maximum absolute atomic E-state index is 13.3. The van der Waals surface area contributed by atoms with E-state index in [-0.39, 0.29) is 21.3 Å². The topological polar surface area (TPSA) is 29.1 Å². The second-order valence-electron chi connectivity index (χ2n) is 4.39. The highest BCUT2D eigenvalue weighted by molar-refractivity contribution is 9.10. The molecule has 1 atom stereocenters. The first-order valence-corrected chi connectivity index (χ1v) is 6.39. The van der Waals surface area contributed by atoms with Gasteiger partial charge < -0.3 is 5.32 Å². The van der Waals surface area contributed by atoms with Gasteiger partial charge in [-0.3, -0.25) is 4.79 Å². The van der Waals surface area contributed by atoms with Gasteiger partial charge in [-0.05, 0) is 48.8 Å². The Morgan fingerprint density at radius 3 is 2.65 bits per heavy atom. The van der Waals surface area contributed by atoms with E-state index in [9.17, 15) is 9.18 Å². The lowest BCUT2D eigenvalue weighted by Crippen LogP contribution is -2.49. The molecule has 94 valence electrons. The fourth-order valence-electron chi connectivity index (χ4n) is 1.14. The molecule has 0 saturated carbocycles. The van der Waals surface area contributed by atoms with Gasteiger partial charge in [-0.1, -0.05) is 6.07 Å². The Morgan fingerprint density at radius 1 is 1.53 bits per heavy atom. The Morgan fingerprint density at radius 2 is 2.12 bits per heavy atom. The standard InChI is InChI=1S/C12H14BrClFNO/c1-7(14)12(2,3)16-11(17)8-5-4-6-9(15)10(8)13/h4-7H,1-3H3,(H,16,17). The zero-order valence-electron chi connectivity index (χ0n) is 9.85. The molecule has 17 heavy (non-hydrogen) atoms. The fourth-order valence-corrected chi connectivity index (χ4v) is 1.64. The Kier molecular flexibility index (Phi) is 4.55. The van der Waals surface area contributed by atoms with Crippen molar-refractivity contribution >= 4 is 33.4 Å². The molecule has 1 N–H and O–H groups in total. The predicted octanol–water partition coefficient (Wildman–Crippen LogP) is 3.72. The van der Waals surface area contributed by atoms with Crippen molar-refractivity contribution in [1.82, 2.24) is 5.32 Å². The van der Waals surface area contributed by atoms with Crippen LogP contribution in [0.4, 0.5) is 4.39 Å². The van der Waals surface area contributed by atoms with Gasteiger partial charge in [0.15, 0.2) is 0 Å². The first kappa shape index (κ1) is 14.5. The van der Waals surface area contributed by atoms with Crippen molar-refractivity contribution in [3.63, 3.8) is 0 Å². The first-order chi connectivity index (χ1) is 7.75. The molecule has 1 unspecified atom stereocenters. The van der Waals surface area contributed by atoms with Gasteiger partial charge >= 0.3 is 0 Å². The van der Waals surface area contributed by atoms with Crippen LogP contribution in [0, 0.1) is 5.82 Å². The SMILES string of the molecule is CC(Cl)C(C)(C)NC(=O)c1cccc(F)c1Br. The number of amides is 1. The van der Waals surface area contributed by atoms with Crippen LogP contribution in [0.2, 0.25) is 0 Å². The summed E-state index contributed by atoms with van der Waals surface area (Å²) in [4.78, 5) is 12.0. The third-order valence-corrected chi connectivity index (χ3v) is 3.98. The van der Waals surface area contributed by atoms with E-state index < -0.39 is 11.4 Å². The molecule has 2 nitrogen and oxygen atoms in total. The molecule has 0 aliphatic heterocycles. The minimum atomic E-state index is -0.565. The molecule has 0 saturated heterocycles. The van der Waals surface area contributed by atoms with E-state index in [1.165, 1.54) is 12.1 Å². The highest BCUT2D eigenvalue weighted by Crippen LogP contribution is 2.22. The third kappa shape index (κ3) is 3.42. The van der Waals surface area contributed by atoms with Crippen molar-refractivity contribution in [2.45, 2.75) is 31.7 Å². The van der Waals surface area contributed by atoms with Gasteiger partial charge in [0, 0.05) is 0 Å². The molecular formula is C12H14BrClFNO. The summed E-state index contributed by atoms with van der Waals surface area (Å²) in [6, 6.07) is 4.33. The second kappa shape index (κ2) is 5.36. The van der Waals surface area contributed by atoms with Crippen molar-refractivity contribution in [3.05, 3.63) is 34.1 Å². The molecule has 0 fully saturated rings. The summed E-state index contributed by atoms with van der Waals surface area (Å²) in [5, 5.41) is 2.54. The highest BCUT2D eigenvalue weighted by atomic mass is 79.9. The molecule has 5 heteroatoms. The maximum atomic E-state index is 13.3. The highest BCUT2D eigenvalue weighted by Gasteiger charge is 2.27. The zero-order chi connectivity index (χ0) is 13.2. The molecule has 0 aliphatic rings. The number of hydrogen-bond donors (Lipinski definition) is 1. The predicted molar refractivity (Wildman–Crippen MR) is 71.0 cm³/mol. The zero-order valence-corrected chi connectivity index (χ0v) is 12.2. The van der Waals surface area contributed by atoms with Gasteiger partial charge in [0.05, 0.1) is 21.0 Å². The summed E-state index contributed by atoms with van der Waals surface area (Å²) in [5.41, 5.74) is -0.305. The number of halogens is 3. The second-order valence-corrected chi connectivity index (χ2v) is 5.84. The number of carbonyl (C=O) groups excluding carboxylic acids is 1. The van der Waals surface area contributed by atoms with Crippen LogP contribution in [0.3, 0.4) is 0 Å². The Bertz CT molecular complexity index is 435. The summed E-state index contributed by atoms with van der Waals surface area (Å²) in [6.07, 6.45) is 0. The lowest BCUT2D eigenvalue weighted by atomic mass is 10.0. The Labute approximate surface area is 114 Å². The number of hydrogen-bond acceptors (Lipinski definition) is 1. The molecule has 0 spiro atoms. The summed E-state index contributed by atoms with van der Waals surface area (Å²) >= 11 is 9.03. The molecule has 1 aromatic carbocycles. The average molecular weight is 323 g/mol. The van der Waals surface area contributed by atoms with Gasteiger partial charge in [0.25, 0.3) is 5.91 Å². The van der Waals surface area contributed by atoms with Crippen LogP contribution in [0.1, 0.15) is 31.1 Å². The van der Waals surface area contributed by atoms with E-state index >= 15 is 0 Å². The van der Waals surface area contributed by atoms with Crippen molar-refractivity contribution in [2.75, 3.05) is 0 Å². The Balaban J connectivity index is 2.95. The molecule has 1 amide bonds. The van der Waals surface area contributed by atoms with Crippen LogP contribution in [0.15, 0.2) is 22.7 Å². The molecular weight excluding hydrogens is 308 g/mol. The molecule has 0 heterocycles. The lowest BCUT2D eigenvalue weighted by Gasteiger charge is -2.29. The van der Waals surface area contributed by atoms with Crippen LogP contribution >= 0.6 is 27.5 Å². The van der Waals surface area contributed by atoms with Gasteiger partial charge in [0.1, 0.15) is 5.82 Å². The summed E-state index contributed by atoms with van der Waals surface area (Å²) in [7, 11) is 0. The van der Waals surface area contributed by atoms with E-state index in [2.05, 4.69) is 21.2 Å². The third-order valence-electron chi connectivity index (χ3n) is 2.63. The summed E-state index contributed by atoms with van der Waals surface area (Å²) < 4.78 is 13.4. The van der Waals surface area contributed by atoms with Crippen molar-refractivity contribution < 1.29 is 9.18 Å². The number of carbonyl (C=O) groups is 1. The molecule has 1 rings (SSSR count). The number of rotatable bonds is 3. The van der Waals surface area contributed by atoms with E-state index in [4.69, 9.17) is 11.6 Å². The maximum Gasteiger partial charge on any atom is 0.252 e. The number of nitrogens with one attached hydrogen (secondary N) is 1. The van der Waals surface area contributed by atoms with Crippen LogP contribution in [0.5, 0.6) is 0 Å². The van der Waals surface area contributed by atoms with Gasteiger partial charge in [-0.15, -0.1) is 11.6 Å². The van der Waals surface area contributed by atoms with E-state index in [0.29, 0.717) is 0 Å². The van der Waals surface area contributed by atoms with Crippen molar-refractivity contribution in [2.24, 2.45) is 0 Å². The normalized spacial score (nSPS) is 13.3. The summed E-state index contributed by atoms with van der Waals surface area (Å²) in [5.74, 6) is -0.816. The summed E-state index contributed by atoms with van der Waals surface area (Å²) in [6.45, 7) is 5.42. The van der Waals surface area contributed by atoms with Crippen LogP contribution in [0.25, 0.3) is 0 Å². The fraction of sp³-hybridized carbons (Fsp3) is 0.417. The van der Waals surface area contributed by atoms with E-state index in [1.807, 2.05) is 13.8 Å². The molecule has 0 bridgehead atoms. The van der Waals surface area contributed by atoms with Gasteiger partial charge in [-0.2, -0.15) is 0 Å². The number of alkyl halides is 1. The average Bonchev–Trinajstić information content (AvgIpc) is 2.21. The Hall–Kier alpha value is -0.610. The molecule has 0 aliphatic carbocycles. The molecule has 0 radical (unpaired) electrons. The van der Waals surface area contributed by atoms with Crippen molar-refractivity contribution in [3.8, 4) is 0 Å². The molecule has 0 aromatic heterocycles. The quantitative estimate of drug-likeness (QED) is 0.844. The minimum Gasteiger partial charge on any atom is -0.346 e. The van der Waals surface area contributed by atoms with E-state index in [1.54, 1.807) is 13.0 Å². The first-order valence-electron chi connectivity index (χ1n) is 5.16. The van der Waals surface area contributed by atoms with Gasteiger partial charge in [-0.25, -0.2) is 4.39 Å². The monoisotopic (exact) mass is 321 g/mol. The van der Waals surface area contributed by atoms with Crippen LogP contribution < -0.4 is 5.32 Å². The minimum absolute atomic E-state index is 0.163. The smallest absolute Gasteiger partial charge is 0.252 e. The van der Waals surface area contributed by atoms with Crippen LogP contribution in [-0.4, -0.2) is 16.8 Å². The number of benzene rings is 1. The molecule has 1 aromatic rings. The van der Waals surface area contributed by atoms with Crippen LogP contribution in [-0.2, 0) is 0 Å². The van der Waals surface area contributed by atoms with E-state index in [0.717, 1.165) is 0 Å².